The first-order valence-electron chi connectivity index (χ1n) is 1.41. The molecular weight excluding hydrogens is 179 g/mol. The molecule has 54 valence electrons. The minimum absolute atomic E-state index is 0. The number of hydrogen-bond donors (Lipinski definition) is 0. The number of carbonyl (C=O) groups excluding carboxylic acids is 3. The van der Waals surface area contributed by atoms with E-state index in [-0.39, 0.29) is 56.6 Å². The largest absolute Gasteiger partial charge is 2.00 e. The summed E-state index contributed by atoms with van der Waals surface area (Å²) in [4.78, 5) is 24.8. The molecule has 0 N–H and O–H groups in total. The Hall–Kier alpha value is 0.267. The second-order valence-electron chi connectivity index (χ2n) is 0.289. The van der Waals surface area contributed by atoms with Crippen molar-refractivity contribution in [3.05, 3.63) is 0 Å². The molecule has 0 atom stereocenters. The molecule has 11 heavy (non-hydrogen) atoms. The molecule has 6 nitrogen and oxygen atoms in total. The van der Waals surface area contributed by atoms with Crippen LogP contribution in [0.5, 0.6) is 0 Å². The molecule has 0 aliphatic rings. The van der Waals surface area contributed by atoms with Crippen molar-refractivity contribution >= 4 is 57.2 Å². The van der Waals surface area contributed by atoms with E-state index < -0.39 is 19.4 Å². The first-order valence-corrected chi connectivity index (χ1v) is 1.41. The van der Waals surface area contributed by atoms with Gasteiger partial charge in [-0.2, -0.15) is 0 Å². The summed E-state index contributed by atoms with van der Waals surface area (Å²) >= 11 is 0. The summed E-state index contributed by atoms with van der Waals surface area (Å²) in [6, 6.07) is 0. The standard InChI is InChI=1S/3CH2O2.Ca.Li/c3*2-1-3;;/h3*1H,(H,2,3);;/q;;;+2;+1/p-3. The summed E-state index contributed by atoms with van der Waals surface area (Å²) < 4.78 is 0. The smallest absolute Gasteiger partial charge is 0.554 e. The van der Waals surface area contributed by atoms with Crippen molar-refractivity contribution in [3.63, 3.8) is 0 Å². The second kappa shape index (κ2) is 82.6. The Labute approximate surface area is 105 Å². The van der Waals surface area contributed by atoms with Crippen LogP contribution in [0.2, 0.25) is 0 Å². The Balaban J connectivity index is -0.0000000150. The molecule has 0 unspecified atom stereocenters. The second-order valence-corrected chi connectivity index (χ2v) is 0.289. The van der Waals surface area contributed by atoms with E-state index in [9.17, 15) is 0 Å². The van der Waals surface area contributed by atoms with Crippen molar-refractivity contribution in [2.75, 3.05) is 0 Å². The predicted octanol–water partition coefficient (Wildman–Crippen LogP) is -8.28. The quantitative estimate of drug-likeness (QED) is 0.271. The first-order chi connectivity index (χ1) is 4.24. The molecule has 0 aromatic heterocycles. The van der Waals surface area contributed by atoms with Gasteiger partial charge in [-0.25, -0.2) is 0 Å². The van der Waals surface area contributed by atoms with Crippen molar-refractivity contribution in [1.29, 1.82) is 0 Å². The Bertz CT molecular complexity index is 54.6. The summed E-state index contributed by atoms with van der Waals surface area (Å²) in [5.41, 5.74) is 0. The van der Waals surface area contributed by atoms with Crippen molar-refractivity contribution < 1.29 is 48.6 Å². The van der Waals surface area contributed by atoms with Crippen LogP contribution in [0.15, 0.2) is 0 Å². The van der Waals surface area contributed by atoms with Gasteiger partial charge >= 0.3 is 56.6 Å². The number of carbonyl (C=O) groups is 3. The minimum atomic E-state index is -0.500. The van der Waals surface area contributed by atoms with E-state index in [4.69, 9.17) is 29.7 Å². The summed E-state index contributed by atoms with van der Waals surface area (Å²) in [5.74, 6) is 0. The van der Waals surface area contributed by atoms with Gasteiger partial charge in [-0.1, -0.05) is 0 Å². The fraction of sp³-hybridized carbons (Fsp3) is 0. The van der Waals surface area contributed by atoms with Crippen molar-refractivity contribution in [2.45, 2.75) is 0 Å². The van der Waals surface area contributed by atoms with Gasteiger partial charge in [0.05, 0.1) is 0 Å². The third kappa shape index (κ3) is 9830. The van der Waals surface area contributed by atoms with E-state index >= 15 is 0 Å². The molecule has 0 radical (unpaired) electrons. The summed E-state index contributed by atoms with van der Waals surface area (Å²) in [6.07, 6.45) is 0. The average Bonchev–Trinajstić information content (AvgIpc) is 1.70. The van der Waals surface area contributed by atoms with Crippen LogP contribution in [-0.4, -0.2) is 57.2 Å². The number of rotatable bonds is 0. The van der Waals surface area contributed by atoms with Crippen molar-refractivity contribution in [3.8, 4) is 0 Å². The average molecular weight is 182 g/mol. The zero-order valence-electron chi connectivity index (χ0n) is 5.89. The minimum Gasteiger partial charge on any atom is -0.554 e. The number of carboxylic acid groups (broad SMARTS) is 3. The van der Waals surface area contributed by atoms with Crippen LogP contribution in [0, 0.1) is 0 Å². The fourth-order valence-corrected chi connectivity index (χ4v) is 0. The van der Waals surface area contributed by atoms with Gasteiger partial charge in [-0.3, -0.25) is 0 Å². The van der Waals surface area contributed by atoms with Crippen LogP contribution < -0.4 is 34.2 Å². The van der Waals surface area contributed by atoms with Gasteiger partial charge in [0.15, 0.2) is 0 Å². The maximum Gasteiger partial charge on any atom is 2.00 e. The monoisotopic (exact) mass is 182 g/mol. The van der Waals surface area contributed by atoms with Gasteiger partial charge in [0.2, 0.25) is 0 Å². The Kier molecular flexibility index (Phi) is 227. The van der Waals surface area contributed by atoms with Crippen LogP contribution in [0.25, 0.3) is 0 Å². The van der Waals surface area contributed by atoms with E-state index in [1.165, 1.54) is 0 Å². The topological polar surface area (TPSA) is 120 Å². The third-order valence-corrected chi connectivity index (χ3v) is 0. The van der Waals surface area contributed by atoms with Crippen LogP contribution in [-0.2, 0) is 14.4 Å². The molecule has 0 aliphatic carbocycles. The van der Waals surface area contributed by atoms with Gasteiger partial charge in [-0.15, -0.1) is 0 Å². The van der Waals surface area contributed by atoms with Crippen molar-refractivity contribution in [2.24, 2.45) is 0 Å². The fourth-order valence-electron chi connectivity index (χ4n) is 0. The molecule has 0 rings (SSSR count). The van der Waals surface area contributed by atoms with E-state index in [1.54, 1.807) is 0 Å². The molecule has 0 amide bonds. The summed E-state index contributed by atoms with van der Waals surface area (Å²) in [7, 11) is 0. The van der Waals surface area contributed by atoms with Crippen LogP contribution >= 0.6 is 0 Å². The number of hydrogen-bond acceptors (Lipinski definition) is 6. The zero-order valence-corrected chi connectivity index (χ0v) is 8.10. The molecule has 0 bridgehead atoms. The molecule has 8 heteroatoms. The van der Waals surface area contributed by atoms with Gasteiger partial charge in [0, 0.05) is 19.4 Å². The first kappa shape index (κ1) is 30.2. The van der Waals surface area contributed by atoms with Gasteiger partial charge in [0.25, 0.3) is 0 Å². The van der Waals surface area contributed by atoms with Gasteiger partial charge in [-0.05, 0) is 0 Å². The molecule has 0 saturated carbocycles. The van der Waals surface area contributed by atoms with Gasteiger partial charge < -0.3 is 29.7 Å². The Morgan fingerprint density at radius 2 is 0.727 bits per heavy atom. The van der Waals surface area contributed by atoms with Crippen LogP contribution in [0.1, 0.15) is 0 Å². The molecule has 0 saturated heterocycles. The molecular formula is C3H3CaLiO6. The summed E-state index contributed by atoms with van der Waals surface area (Å²) in [5, 5.41) is 24.8. The molecule has 0 aliphatic heterocycles. The van der Waals surface area contributed by atoms with Gasteiger partial charge in [0.1, 0.15) is 0 Å². The Morgan fingerprint density at radius 3 is 0.727 bits per heavy atom. The Morgan fingerprint density at radius 1 is 0.727 bits per heavy atom. The van der Waals surface area contributed by atoms with Crippen molar-refractivity contribution in [1.82, 2.24) is 0 Å². The molecule has 0 heterocycles. The van der Waals surface area contributed by atoms with E-state index in [0.717, 1.165) is 0 Å². The normalized spacial score (nSPS) is 3.27. The van der Waals surface area contributed by atoms with E-state index in [1.807, 2.05) is 0 Å². The van der Waals surface area contributed by atoms with E-state index in [2.05, 4.69) is 0 Å². The van der Waals surface area contributed by atoms with Crippen LogP contribution in [0.3, 0.4) is 0 Å². The predicted molar refractivity (Wildman–Crippen MR) is 23.9 cm³/mol. The summed E-state index contributed by atoms with van der Waals surface area (Å²) in [6.45, 7) is -1.50. The van der Waals surface area contributed by atoms with E-state index in [0.29, 0.717) is 0 Å². The molecule has 0 spiro atoms. The maximum atomic E-state index is 8.25. The zero-order chi connectivity index (χ0) is 8.12. The molecule has 0 aromatic carbocycles. The maximum absolute atomic E-state index is 8.25. The van der Waals surface area contributed by atoms with Crippen LogP contribution in [0.4, 0.5) is 0 Å². The molecule has 0 aromatic rings. The molecule has 0 fully saturated rings. The SMILES string of the molecule is O=C[O-].O=C[O-].O=C[O-].[Ca+2].[Li+]. The third-order valence-electron chi connectivity index (χ3n) is 0.